The van der Waals surface area contributed by atoms with Crippen molar-refractivity contribution in [3.05, 3.63) is 48.7 Å². The van der Waals surface area contributed by atoms with Gasteiger partial charge in [-0.25, -0.2) is 4.98 Å². The van der Waals surface area contributed by atoms with E-state index >= 15 is 0 Å². The molecule has 4 rings (SSSR count). The molecule has 156 valence electrons. The van der Waals surface area contributed by atoms with E-state index in [1.54, 1.807) is 24.7 Å². The summed E-state index contributed by atoms with van der Waals surface area (Å²) in [6, 6.07) is 7.30. The number of aromatic nitrogens is 4. The molecule has 1 N–H and O–H groups in total. The second-order valence-electron chi connectivity index (χ2n) is 7.47. The number of carbonyl (C=O) groups excluding carboxylic acids is 1. The lowest BCUT2D eigenvalue weighted by Gasteiger charge is -2.22. The zero-order valence-electron chi connectivity index (χ0n) is 16.8. The van der Waals surface area contributed by atoms with Gasteiger partial charge in [-0.3, -0.25) is 9.78 Å². The van der Waals surface area contributed by atoms with Crippen LogP contribution >= 0.6 is 0 Å². The topological polar surface area (TPSA) is 103 Å². The van der Waals surface area contributed by atoms with Crippen LogP contribution in [0.1, 0.15) is 44.4 Å². The van der Waals surface area contributed by atoms with Gasteiger partial charge in [0.1, 0.15) is 0 Å². The van der Waals surface area contributed by atoms with Crippen molar-refractivity contribution >= 4 is 11.7 Å². The first-order chi connectivity index (χ1) is 14.8. The lowest BCUT2D eigenvalue weighted by atomic mass is 9.90. The maximum absolute atomic E-state index is 12.4. The van der Waals surface area contributed by atoms with Crippen LogP contribution in [0, 0.1) is 5.92 Å². The normalized spacial score (nSPS) is 14.4. The molecule has 1 aliphatic rings. The molecule has 8 heteroatoms. The molecule has 0 saturated heterocycles. The Hall–Kier alpha value is -3.29. The summed E-state index contributed by atoms with van der Waals surface area (Å²) in [6.07, 6.45) is 11.8. The number of ether oxygens (including phenoxy) is 1. The molecule has 1 saturated carbocycles. The number of hydrogen-bond donors (Lipinski definition) is 1. The van der Waals surface area contributed by atoms with Gasteiger partial charge in [-0.15, -0.1) is 0 Å². The van der Waals surface area contributed by atoms with E-state index in [9.17, 15) is 4.79 Å². The summed E-state index contributed by atoms with van der Waals surface area (Å²) in [6.45, 7) is 0.660. The molecule has 0 radical (unpaired) electrons. The molecule has 0 aromatic carbocycles. The Labute approximate surface area is 175 Å². The lowest BCUT2D eigenvalue weighted by Crippen LogP contribution is -2.18. The first kappa shape index (κ1) is 20.0. The van der Waals surface area contributed by atoms with Gasteiger partial charge < -0.3 is 14.6 Å². The Morgan fingerprint density at radius 2 is 2.03 bits per heavy atom. The van der Waals surface area contributed by atoms with E-state index in [0.29, 0.717) is 42.2 Å². The van der Waals surface area contributed by atoms with Crippen molar-refractivity contribution in [2.75, 3.05) is 11.9 Å². The van der Waals surface area contributed by atoms with E-state index in [1.165, 1.54) is 32.1 Å². The maximum atomic E-state index is 12.4. The van der Waals surface area contributed by atoms with Crippen molar-refractivity contribution in [1.29, 1.82) is 0 Å². The third kappa shape index (κ3) is 5.40. The fraction of sp³-hybridized carbons (Fsp3) is 0.409. The molecule has 0 bridgehead atoms. The highest BCUT2D eigenvalue weighted by Crippen LogP contribution is 2.27. The molecular weight excluding hydrogens is 382 g/mol. The highest BCUT2D eigenvalue weighted by atomic mass is 16.5. The molecule has 3 aromatic rings. The maximum Gasteiger partial charge on any atom is 0.227 e. The van der Waals surface area contributed by atoms with E-state index < -0.39 is 0 Å². The van der Waals surface area contributed by atoms with Gasteiger partial charge in [-0.1, -0.05) is 24.4 Å². The molecule has 3 heterocycles. The van der Waals surface area contributed by atoms with Gasteiger partial charge in [0.25, 0.3) is 0 Å². The quantitative estimate of drug-likeness (QED) is 0.600. The van der Waals surface area contributed by atoms with Crippen LogP contribution in [-0.2, 0) is 11.2 Å². The molecule has 0 aliphatic heterocycles. The predicted octanol–water partition coefficient (Wildman–Crippen LogP) is 4.06. The average Bonchev–Trinajstić information content (AvgIpc) is 3.28. The number of pyridine rings is 2. The first-order valence-corrected chi connectivity index (χ1v) is 10.4. The average molecular weight is 407 g/mol. The van der Waals surface area contributed by atoms with Gasteiger partial charge in [0, 0.05) is 37.0 Å². The summed E-state index contributed by atoms with van der Waals surface area (Å²) in [5.74, 6) is 2.31. The number of carbonyl (C=O) groups is 1. The van der Waals surface area contributed by atoms with Gasteiger partial charge in [0.2, 0.25) is 17.6 Å². The Bertz CT molecular complexity index is 954. The number of nitrogens with one attached hydrogen (secondary N) is 1. The van der Waals surface area contributed by atoms with E-state index in [-0.39, 0.29) is 12.3 Å². The van der Waals surface area contributed by atoms with Gasteiger partial charge in [-0.05, 0) is 43.0 Å². The summed E-state index contributed by atoms with van der Waals surface area (Å²) < 4.78 is 11.2. The monoisotopic (exact) mass is 407 g/mol. The molecule has 1 amide bonds. The highest BCUT2D eigenvalue weighted by molar-refractivity contribution is 5.91. The summed E-state index contributed by atoms with van der Waals surface area (Å²) in [7, 11) is 0. The van der Waals surface area contributed by atoms with E-state index in [1.807, 2.05) is 18.2 Å². The van der Waals surface area contributed by atoms with Crippen LogP contribution in [-0.4, -0.2) is 32.6 Å². The number of anilines is 1. The van der Waals surface area contributed by atoms with Gasteiger partial charge in [-0.2, -0.15) is 4.98 Å². The van der Waals surface area contributed by atoms with Crippen molar-refractivity contribution in [3.63, 3.8) is 0 Å². The number of amides is 1. The van der Waals surface area contributed by atoms with E-state index in [4.69, 9.17) is 9.26 Å². The molecule has 0 spiro atoms. The van der Waals surface area contributed by atoms with Crippen molar-refractivity contribution in [2.45, 2.75) is 44.9 Å². The molecule has 8 nitrogen and oxygen atoms in total. The summed E-state index contributed by atoms with van der Waals surface area (Å²) >= 11 is 0. The van der Waals surface area contributed by atoms with E-state index in [0.717, 1.165) is 5.56 Å². The number of aryl methyl sites for hydroxylation is 1. The minimum absolute atomic E-state index is 0.183. The van der Waals surface area contributed by atoms with Crippen LogP contribution in [0.2, 0.25) is 0 Å². The summed E-state index contributed by atoms with van der Waals surface area (Å²) in [4.78, 5) is 25.0. The molecule has 1 aliphatic carbocycles. The van der Waals surface area contributed by atoms with Crippen LogP contribution in [0.4, 0.5) is 5.82 Å². The fourth-order valence-corrected chi connectivity index (χ4v) is 3.55. The largest absolute Gasteiger partial charge is 0.489 e. The highest BCUT2D eigenvalue weighted by Gasteiger charge is 2.16. The zero-order chi connectivity index (χ0) is 20.6. The van der Waals surface area contributed by atoms with E-state index in [2.05, 4.69) is 25.4 Å². The van der Waals surface area contributed by atoms with Gasteiger partial charge in [0.05, 0.1) is 6.61 Å². The predicted molar refractivity (Wildman–Crippen MR) is 111 cm³/mol. The summed E-state index contributed by atoms with van der Waals surface area (Å²) in [5.41, 5.74) is 0.769. The van der Waals surface area contributed by atoms with Crippen LogP contribution in [0.5, 0.6) is 5.75 Å². The van der Waals surface area contributed by atoms with Crippen LogP contribution in [0.15, 0.2) is 47.4 Å². The number of rotatable bonds is 8. The molecule has 0 atom stereocenters. The third-order valence-corrected chi connectivity index (χ3v) is 5.18. The standard InChI is InChI=1S/C22H25N5O3/c28-19(10-11-20-26-21(27-30-20)17-8-4-12-23-14-17)25-22-18(9-5-13-24-22)29-15-16-6-2-1-3-7-16/h4-5,8-9,12-14,16H,1-3,6-7,10-11,15H2,(H,24,25,28). The number of hydrogen-bond acceptors (Lipinski definition) is 7. The fourth-order valence-electron chi connectivity index (χ4n) is 3.55. The van der Waals surface area contributed by atoms with Crippen molar-refractivity contribution < 1.29 is 14.1 Å². The zero-order valence-corrected chi connectivity index (χ0v) is 16.8. The van der Waals surface area contributed by atoms with Crippen molar-refractivity contribution in [1.82, 2.24) is 20.1 Å². The van der Waals surface area contributed by atoms with Gasteiger partial charge >= 0.3 is 0 Å². The van der Waals surface area contributed by atoms with Crippen molar-refractivity contribution in [2.24, 2.45) is 5.92 Å². The van der Waals surface area contributed by atoms with Crippen LogP contribution < -0.4 is 10.1 Å². The van der Waals surface area contributed by atoms with Crippen molar-refractivity contribution in [3.8, 4) is 17.1 Å². The van der Waals surface area contributed by atoms with Crippen LogP contribution in [0.25, 0.3) is 11.4 Å². The molecule has 30 heavy (non-hydrogen) atoms. The smallest absolute Gasteiger partial charge is 0.227 e. The minimum atomic E-state index is -0.183. The van der Waals surface area contributed by atoms with Gasteiger partial charge in [0.15, 0.2) is 11.6 Å². The van der Waals surface area contributed by atoms with Crippen LogP contribution in [0.3, 0.4) is 0 Å². The molecule has 0 unspecified atom stereocenters. The molecular formula is C22H25N5O3. The second kappa shape index (κ2) is 9.96. The molecule has 1 fully saturated rings. The molecule has 3 aromatic heterocycles. The Morgan fingerprint density at radius 1 is 1.17 bits per heavy atom. The lowest BCUT2D eigenvalue weighted by molar-refractivity contribution is -0.116. The summed E-state index contributed by atoms with van der Waals surface area (Å²) in [5, 5.41) is 6.77. The first-order valence-electron chi connectivity index (χ1n) is 10.4. The third-order valence-electron chi connectivity index (χ3n) is 5.18. The minimum Gasteiger partial charge on any atom is -0.489 e. The Morgan fingerprint density at radius 3 is 2.87 bits per heavy atom. The Balaban J connectivity index is 1.29. The SMILES string of the molecule is O=C(CCc1nc(-c2cccnc2)no1)Nc1ncccc1OCC1CCCCC1. The Kier molecular flexibility index (Phi) is 6.64. The number of nitrogens with zero attached hydrogens (tertiary/aromatic N) is 4. The second-order valence-corrected chi connectivity index (χ2v) is 7.47.